The summed E-state index contributed by atoms with van der Waals surface area (Å²) in [6.45, 7) is 9.92. The second kappa shape index (κ2) is 3.88. The van der Waals surface area contributed by atoms with Gasteiger partial charge >= 0.3 is 0 Å². The zero-order chi connectivity index (χ0) is 9.14. The van der Waals surface area contributed by atoms with Gasteiger partial charge in [0.25, 0.3) is 0 Å². The lowest BCUT2D eigenvalue weighted by molar-refractivity contribution is 0.784. The van der Waals surface area contributed by atoms with Crippen molar-refractivity contribution in [2.45, 2.75) is 40.5 Å². The number of hydrogen-bond donors (Lipinski definition) is 0. The first-order valence-corrected chi connectivity index (χ1v) is 4.96. The van der Waals surface area contributed by atoms with Gasteiger partial charge in [-0.05, 0) is 29.9 Å². The standard InChI is InChI=1S/C11H19N/c1-5-9-7-12-10(6-2)11(9)8(3)4/h8H,5-7H2,1-4H3. The van der Waals surface area contributed by atoms with Crippen LogP contribution in [-0.4, -0.2) is 12.3 Å². The average Bonchev–Trinajstić information content (AvgIpc) is 2.46. The van der Waals surface area contributed by atoms with Crippen LogP contribution in [-0.2, 0) is 0 Å². The minimum absolute atomic E-state index is 0.654. The summed E-state index contributed by atoms with van der Waals surface area (Å²) < 4.78 is 0. The van der Waals surface area contributed by atoms with Gasteiger partial charge in [-0.3, -0.25) is 4.99 Å². The van der Waals surface area contributed by atoms with Crippen LogP contribution in [0.2, 0.25) is 0 Å². The normalized spacial score (nSPS) is 17.6. The number of aliphatic imine (C=N–C) groups is 1. The average molecular weight is 165 g/mol. The Hall–Kier alpha value is -0.590. The molecule has 1 nitrogen and oxygen atoms in total. The molecule has 0 aliphatic carbocycles. The van der Waals surface area contributed by atoms with Gasteiger partial charge in [-0.1, -0.05) is 27.7 Å². The van der Waals surface area contributed by atoms with E-state index < -0.39 is 0 Å². The van der Waals surface area contributed by atoms with Crippen LogP contribution in [0.3, 0.4) is 0 Å². The van der Waals surface area contributed by atoms with E-state index >= 15 is 0 Å². The molecule has 68 valence electrons. The molecule has 0 aromatic carbocycles. The van der Waals surface area contributed by atoms with Crippen LogP contribution in [0, 0.1) is 5.92 Å². The molecule has 0 unspecified atom stereocenters. The second-order valence-corrected chi connectivity index (χ2v) is 3.64. The number of hydrogen-bond acceptors (Lipinski definition) is 1. The molecule has 12 heavy (non-hydrogen) atoms. The van der Waals surface area contributed by atoms with Crippen molar-refractivity contribution in [3.63, 3.8) is 0 Å². The summed E-state index contributed by atoms with van der Waals surface area (Å²) in [5.41, 5.74) is 4.45. The maximum absolute atomic E-state index is 4.55. The molecule has 1 rings (SSSR count). The van der Waals surface area contributed by atoms with Crippen molar-refractivity contribution in [2.75, 3.05) is 6.54 Å². The Bertz CT molecular complexity index is 221. The first kappa shape index (κ1) is 9.50. The number of allylic oxidation sites excluding steroid dienone is 1. The van der Waals surface area contributed by atoms with Crippen molar-refractivity contribution >= 4 is 5.71 Å². The second-order valence-electron chi connectivity index (χ2n) is 3.64. The van der Waals surface area contributed by atoms with Crippen molar-refractivity contribution in [1.82, 2.24) is 0 Å². The smallest absolute Gasteiger partial charge is 0.0609 e. The van der Waals surface area contributed by atoms with E-state index in [1.165, 1.54) is 12.1 Å². The lowest BCUT2D eigenvalue weighted by atomic mass is 9.93. The largest absolute Gasteiger partial charge is 0.285 e. The Balaban J connectivity index is 2.90. The minimum Gasteiger partial charge on any atom is -0.285 e. The molecule has 0 N–H and O–H groups in total. The van der Waals surface area contributed by atoms with Gasteiger partial charge in [0.2, 0.25) is 0 Å². The first-order valence-electron chi connectivity index (χ1n) is 4.96. The van der Waals surface area contributed by atoms with Crippen LogP contribution in [0.5, 0.6) is 0 Å². The van der Waals surface area contributed by atoms with E-state index in [-0.39, 0.29) is 0 Å². The fourth-order valence-electron chi connectivity index (χ4n) is 1.91. The molecule has 1 aliphatic heterocycles. The maximum Gasteiger partial charge on any atom is 0.0609 e. The van der Waals surface area contributed by atoms with Crippen molar-refractivity contribution in [3.8, 4) is 0 Å². The molecule has 0 fully saturated rings. The third-order valence-corrected chi connectivity index (χ3v) is 2.49. The summed E-state index contributed by atoms with van der Waals surface area (Å²) in [6, 6.07) is 0. The van der Waals surface area contributed by atoms with Crippen molar-refractivity contribution in [3.05, 3.63) is 11.1 Å². The van der Waals surface area contributed by atoms with Crippen LogP contribution in [0.15, 0.2) is 16.1 Å². The first-order chi connectivity index (χ1) is 5.70. The Kier molecular flexibility index (Phi) is 3.07. The Morgan fingerprint density at radius 2 is 1.92 bits per heavy atom. The van der Waals surface area contributed by atoms with Gasteiger partial charge in [0.05, 0.1) is 6.54 Å². The molecule has 0 amide bonds. The zero-order valence-electron chi connectivity index (χ0n) is 8.65. The van der Waals surface area contributed by atoms with Crippen LogP contribution in [0.4, 0.5) is 0 Å². The van der Waals surface area contributed by atoms with E-state index in [0.29, 0.717) is 5.92 Å². The Labute approximate surface area is 75.6 Å². The molecule has 0 saturated heterocycles. The van der Waals surface area contributed by atoms with Crippen LogP contribution in [0.1, 0.15) is 40.5 Å². The number of nitrogens with zero attached hydrogens (tertiary/aromatic N) is 1. The van der Waals surface area contributed by atoms with Gasteiger partial charge in [0.15, 0.2) is 0 Å². The van der Waals surface area contributed by atoms with E-state index in [2.05, 4.69) is 32.7 Å². The molecule has 1 aliphatic rings. The summed E-state index contributed by atoms with van der Waals surface area (Å²) in [4.78, 5) is 4.55. The maximum atomic E-state index is 4.55. The zero-order valence-corrected chi connectivity index (χ0v) is 8.65. The highest BCUT2D eigenvalue weighted by Crippen LogP contribution is 2.25. The molecule has 1 heteroatoms. The van der Waals surface area contributed by atoms with E-state index in [1.807, 2.05) is 0 Å². The predicted octanol–water partition coefficient (Wildman–Crippen LogP) is 3.21. The number of rotatable bonds is 3. The minimum atomic E-state index is 0.654. The lowest BCUT2D eigenvalue weighted by Crippen LogP contribution is -2.06. The van der Waals surface area contributed by atoms with E-state index in [0.717, 1.165) is 13.0 Å². The highest BCUT2D eigenvalue weighted by molar-refractivity contribution is 6.02. The summed E-state index contributed by atoms with van der Waals surface area (Å²) in [7, 11) is 0. The molecule has 0 radical (unpaired) electrons. The van der Waals surface area contributed by atoms with Gasteiger partial charge in [-0.2, -0.15) is 0 Å². The fourth-order valence-corrected chi connectivity index (χ4v) is 1.91. The molecular formula is C11H19N. The van der Waals surface area contributed by atoms with E-state index in [1.54, 1.807) is 11.1 Å². The molecule has 0 bridgehead atoms. The van der Waals surface area contributed by atoms with Crippen molar-refractivity contribution < 1.29 is 0 Å². The van der Waals surface area contributed by atoms with Gasteiger partial charge in [0.1, 0.15) is 0 Å². The van der Waals surface area contributed by atoms with E-state index in [9.17, 15) is 0 Å². The molecule has 0 aromatic rings. The summed E-state index contributed by atoms with van der Waals surface area (Å²) in [5.74, 6) is 0.654. The lowest BCUT2D eigenvalue weighted by Gasteiger charge is -2.11. The van der Waals surface area contributed by atoms with E-state index in [4.69, 9.17) is 0 Å². The SMILES string of the molecule is CCC1=NCC(CC)=C1C(C)C. The molecule has 0 atom stereocenters. The quantitative estimate of drug-likeness (QED) is 0.609. The summed E-state index contributed by atoms with van der Waals surface area (Å²) >= 11 is 0. The fraction of sp³-hybridized carbons (Fsp3) is 0.727. The van der Waals surface area contributed by atoms with Gasteiger partial charge < -0.3 is 0 Å². The Morgan fingerprint density at radius 1 is 1.25 bits per heavy atom. The van der Waals surface area contributed by atoms with Crippen LogP contribution in [0.25, 0.3) is 0 Å². The van der Waals surface area contributed by atoms with Crippen molar-refractivity contribution in [1.29, 1.82) is 0 Å². The predicted molar refractivity (Wildman–Crippen MR) is 54.7 cm³/mol. The van der Waals surface area contributed by atoms with Crippen LogP contribution >= 0.6 is 0 Å². The van der Waals surface area contributed by atoms with Gasteiger partial charge in [-0.25, -0.2) is 0 Å². The van der Waals surface area contributed by atoms with Crippen LogP contribution < -0.4 is 0 Å². The summed E-state index contributed by atoms with van der Waals surface area (Å²) in [5, 5.41) is 0. The summed E-state index contributed by atoms with van der Waals surface area (Å²) in [6.07, 6.45) is 2.26. The molecule has 0 spiro atoms. The van der Waals surface area contributed by atoms with Gasteiger partial charge in [-0.15, -0.1) is 0 Å². The molecule has 0 saturated carbocycles. The molecule has 1 heterocycles. The monoisotopic (exact) mass is 165 g/mol. The topological polar surface area (TPSA) is 12.4 Å². The molecular weight excluding hydrogens is 146 g/mol. The Morgan fingerprint density at radius 3 is 2.33 bits per heavy atom. The molecule has 0 aromatic heterocycles. The highest BCUT2D eigenvalue weighted by Gasteiger charge is 2.18. The third kappa shape index (κ3) is 1.60. The third-order valence-electron chi connectivity index (χ3n) is 2.49. The van der Waals surface area contributed by atoms with Crippen molar-refractivity contribution in [2.24, 2.45) is 10.9 Å². The highest BCUT2D eigenvalue weighted by atomic mass is 14.8. The van der Waals surface area contributed by atoms with Gasteiger partial charge in [0, 0.05) is 5.71 Å².